The van der Waals surface area contributed by atoms with Crippen molar-refractivity contribution in [3.05, 3.63) is 33.1 Å². The highest BCUT2D eigenvalue weighted by Gasteiger charge is 2.08. The van der Waals surface area contributed by atoms with E-state index >= 15 is 0 Å². The molecule has 0 spiro atoms. The summed E-state index contributed by atoms with van der Waals surface area (Å²) in [6, 6.07) is 5.39. The molecule has 0 saturated carbocycles. The number of hydrogen-bond donors (Lipinski definition) is 1. The van der Waals surface area contributed by atoms with Crippen LogP contribution in [0.3, 0.4) is 0 Å². The predicted molar refractivity (Wildman–Crippen MR) is 83.2 cm³/mol. The molecule has 1 N–H and O–H groups in total. The molecule has 1 aromatic carbocycles. The molecule has 0 saturated heterocycles. The van der Waals surface area contributed by atoms with Gasteiger partial charge in [-0.15, -0.1) is 0 Å². The Kier molecular flexibility index (Phi) is 7.11. The summed E-state index contributed by atoms with van der Waals surface area (Å²) < 4.78 is 14.0. The molecule has 0 aliphatic heterocycles. The second-order valence-corrected chi connectivity index (χ2v) is 5.67. The van der Waals surface area contributed by atoms with Gasteiger partial charge in [0, 0.05) is 22.7 Å². The molecule has 18 heavy (non-hydrogen) atoms. The minimum absolute atomic E-state index is 0.167. The Balaban J connectivity index is 2.44. The van der Waals surface area contributed by atoms with E-state index in [9.17, 15) is 4.39 Å². The van der Waals surface area contributed by atoms with Crippen LogP contribution in [-0.2, 0) is 6.54 Å². The number of nitrogens with zero attached hydrogens (tertiary/aromatic N) is 1. The summed E-state index contributed by atoms with van der Waals surface area (Å²) in [5.41, 5.74) is 1.16. The average molecular weight is 364 g/mol. The molecule has 2 nitrogen and oxygen atoms in total. The minimum Gasteiger partial charge on any atom is -0.309 e. The maximum absolute atomic E-state index is 13.0. The standard InChI is InChI=1S/C14H22FIN2/c1-4-18(5-2)10-11(3)17-9-12-6-7-13(15)8-14(12)16/h6-8,11,17H,4-5,9-10H2,1-3H3. The number of nitrogens with one attached hydrogen (secondary N) is 1. The van der Waals surface area contributed by atoms with E-state index in [1.807, 2.05) is 6.07 Å². The molecule has 0 radical (unpaired) electrons. The molecule has 0 amide bonds. The highest BCUT2D eigenvalue weighted by atomic mass is 127. The summed E-state index contributed by atoms with van der Waals surface area (Å²) >= 11 is 2.18. The van der Waals surface area contributed by atoms with Crippen LogP contribution in [0.2, 0.25) is 0 Å². The number of halogens is 2. The average Bonchev–Trinajstić information content (AvgIpc) is 2.35. The highest BCUT2D eigenvalue weighted by Crippen LogP contribution is 2.13. The molecular weight excluding hydrogens is 342 g/mol. The highest BCUT2D eigenvalue weighted by molar-refractivity contribution is 14.1. The first-order valence-electron chi connectivity index (χ1n) is 6.46. The van der Waals surface area contributed by atoms with Crippen molar-refractivity contribution in [3.63, 3.8) is 0 Å². The Labute approximate surface area is 123 Å². The maximum Gasteiger partial charge on any atom is 0.124 e. The van der Waals surface area contributed by atoms with Gasteiger partial charge in [-0.1, -0.05) is 19.9 Å². The van der Waals surface area contributed by atoms with Crippen LogP contribution in [-0.4, -0.2) is 30.6 Å². The Morgan fingerprint density at radius 3 is 2.56 bits per heavy atom. The molecule has 1 rings (SSSR count). The van der Waals surface area contributed by atoms with E-state index in [0.29, 0.717) is 6.04 Å². The maximum atomic E-state index is 13.0. The van der Waals surface area contributed by atoms with Gasteiger partial charge in [-0.05, 0) is 60.3 Å². The summed E-state index contributed by atoms with van der Waals surface area (Å²) in [7, 11) is 0. The van der Waals surface area contributed by atoms with E-state index in [1.54, 1.807) is 6.07 Å². The van der Waals surface area contributed by atoms with Crippen molar-refractivity contribution in [3.8, 4) is 0 Å². The fourth-order valence-corrected chi connectivity index (χ4v) is 2.55. The second-order valence-electron chi connectivity index (χ2n) is 4.50. The van der Waals surface area contributed by atoms with Crippen molar-refractivity contribution in [2.24, 2.45) is 0 Å². The molecule has 0 heterocycles. The van der Waals surface area contributed by atoms with Gasteiger partial charge in [0.25, 0.3) is 0 Å². The molecular formula is C14H22FIN2. The summed E-state index contributed by atoms with van der Waals surface area (Å²) in [5, 5.41) is 3.49. The van der Waals surface area contributed by atoms with Crippen LogP contribution in [0.15, 0.2) is 18.2 Å². The van der Waals surface area contributed by atoms with Crippen LogP contribution in [0.1, 0.15) is 26.3 Å². The molecule has 0 aromatic heterocycles. The molecule has 4 heteroatoms. The number of benzene rings is 1. The van der Waals surface area contributed by atoms with Crippen LogP contribution in [0.4, 0.5) is 4.39 Å². The molecule has 0 aliphatic carbocycles. The fraction of sp³-hybridized carbons (Fsp3) is 0.571. The Hall–Kier alpha value is -0.200. The van der Waals surface area contributed by atoms with Crippen LogP contribution < -0.4 is 5.32 Å². The van der Waals surface area contributed by atoms with Crippen molar-refractivity contribution in [2.75, 3.05) is 19.6 Å². The first-order valence-corrected chi connectivity index (χ1v) is 7.54. The van der Waals surface area contributed by atoms with Gasteiger partial charge in [0.2, 0.25) is 0 Å². The van der Waals surface area contributed by atoms with Gasteiger partial charge >= 0.3 is 0 Å². The number of hydrogen-bond acceptors (Lipinski definition) is 2. The first kappa shape index (κ1) is 15.9. The van der Waals surface area contributed by atoms with Crippen molar-refractivity contribution in [1.29, 1.82) is 0 Å². The van der Waals surface area contributed by atoms with Gasteiger partial charge in [0.05, 0.1) is 0 Å². The zero-order chi connectivity index (χ0) is 13.5. The van der Waals surface area contributed by atoms with Gasteiger partial charge in [0.15, 0.2) is 0 Å². The van der Waals surface area contributed by atoms with E-state index in [4.69, 9.17) is 0 Å². The quantitative estimate of drug-likeness (QED) is 0.748. The lowest BCUT2D eigenvalue weighted by Gasteiger charge is -2.23. The Morgan fingerprint density at radius 1 is 1.33 bits per heavy atom. The third-order valence-corrected chi connectivity index (χ3v) is 4.09. The van der Waals surface area contributed by atoms with Gasteiger partial charge in [-0.3, -0.25) is 0 Å². The Morgan fingerprint density at radius 2 is 2.00 bits per heavy atom. The molecule has 0 aliphatic rings. The van der Waals surface area contributed by atoms with Crippen molar-refractivity contribution >= 4 is 22.6 Å². The van der Waals surface area contributed by atoms with Gasteiger partial charge in [-0.25, -0.2) is 4.39 Å². The zero-order valence-electron chi connectivity index (χ0n) is 11.3. The lowest BCUT2D eigenvalue weighted by molar-refractivity contribution is 0.270. The lowest BCUT2D eigenvalue weighted by atomic mass is 10.2. The predicted octanol–water partition coefficient (Wildman–Crippen LogP) is 3.25. The van der Waals surface area contributed by atoms with Crippen molar-refractivity contribution in [1.82, 2.24) is 10.2 Å². The van der Waals surface area contributed by atoms with E-state index in [0.717, 1.165) is 35.3 Å². The van der Waals surface area contributed by atoms with Crippen LogP contribution >= 0.6 is 22.6 Å². The monoisotopic (exact) mass is 364 g/mol. The van der Waals surface area contributed by atoms with Gasteiger partial charge < -0.3 is 10.2 Å². The summed E-state index contributed by atoms with van der Waals surface area (Å²) in [5.74, 6) is -0.167. The van der Waals surface area contributed by atoms with E-state index in [1.165, 1.54) is 6.07 Å². The zero-order valence-corrected chi connectivity index (χ0v) is 13.5. The first-order chi connectivity index (χ1) is 8.56. The third-order valence-electron chi connectivity index (χ3n) is 3.08. The molecule has 0 bridgehead atoms. The van der Waals surface area contributed by atoms with E-state index < -0.39 is 0 Å². The van der Waals surface area contributed by atoms with Gasteiger partial charge in [0.1, 0.15) is 5.82 Å². The summed E-state index contributed by atoms with van der Waals surface area (Å²) in [6.45, 7) is 10.5. The van der Waals surface area contributed by atoms with Crippen molar-refractivity contribution in [2.45, 2.75) is 33.4 Å². The smallest absolute Gasteiger partial charge is 0.124 e. The third kappa shape index (κ3) is 5.20. The molecule has 0 fully saturated rings. The minimum atomic E-state index is -0.167. The normalized spacial score (nSPS) is 13.0. The van der Waals surface area contributed by atoms with Crippen molar-refractivity contribution < 1.29 is 4.39 Å². The van der Waals surface area contributed by atoms with Crippen LogP contribution in [0, 0.1) is 9.39 Å². The molecule has 102 valence electrons. The van der Waals surface area contributed by atoms with E-state index in [2.05, 4.69) is 53.6 Å². The topological polar surface area (TPSA) is 15.3 Å². The second kappa shape index (κ2) is 8.07. The molecule has 1 unspecified atom stereocenters. The Bertz CT molecular complexity index is 367. The van der Waals surface area contributed by atoms with E-state index in [-0.39, 0.29) is 5.82 Å². The van der Waals surface area contributed by atoms with Crippen LogP contribution in [0.25, 0.3) is 0 Å². The van der Waals surface area contributed by atoms with Crippen LogP contribution in [0.5, 0.6) is 0 Å². The van der Waals surface area contributed by atoms with Gasteiger partial charge in [-0.2, -0.15) is 0 Å². The SMILES string of the molecule is CCN(CC)CC(C)NCc1ccc(F)cc1I. The lowest BCUT2D eigenvalue weighted by Crippen LogP contribution is -2.38. The summed E-state index contributed by atoms with van der Waals surface area (Å²) in [6.07, 6.45) is 0. The number of rotatable bonds is 7. The molecule has 1 aromatic rings. The summed E-state index contributed by atoms with van der Waals surface area (Å²) in [4.78, 5) is 2.40. The fourth-order valence-electron chi connectivity index (χ4n) is 1.88. The number of likely N-dealkylation sites (N-methyl/N-ethyl adjacent to an activating group) is 1. The largest absolute Gasteiger partial charge is 0.309 e. The molecule has 1 atom stereocenters.